The van der Waals surface area contributed by atoms with Gasteiger partial charge in [-0.1, -0.05) is 31.0 Å². The minimum absolute atomic E-state index is 0.0667. The predicted octanol–water partition coefficient (Wildman–Crippen LogP) is 2.48. The molecule has 1 atom stereocenters. The average Bonchev–Trinajstić information content (AvgIpc) is 2.37. The van der Waals surface area contributed by atoms with Gasteiger partial charge >= 0.3 is 0 Å². The highest BCUT2D eigenvalue weighted by Gasteiger charge is 2.11. The van der Waals surface area contributed by atoms with Gasteiger partial charge in [0, 0.05) is 29.6 Å². The van der Waals surface area contributed by atoms with E-state index in [4.69, 9.17) is 22.1 Å². The van der Waals surface area contributed by atoms with Crippen LogP contribution in [0.4, 0.5) is 0 Å². The molecule has 0 aliphatic rings. The summed E-state index contributed by atoms with van der Waals surface area (Å²) in [5.41, 5.74) is 6.61. The fourth-order valence-corrected chi connectivity index (χ4v) is 2.10. The first-order valence-corrected chi connectivity index (χ1v) is 6.80. The molecule has 0 aliphatic heterocycles. The number of nitrogens with two attached hydrogens (primary N) is 1. The van der Waals surface area contributed by atoms with Crippen LogP contribution in [0, 0.1) is 0 Å². The van der Waals surface area contributed by atoms with Crippen LogP contribution in [0.1, 0.15) is 31.7 Å². The molecule has 0 saturated heterocycles. The number of hydrogen-bond acceptors (Lipinski definition) is 3. The Hall–Kier alpha value is -1.26. The molecule has 1 rings (SSSR count). The Morgan fingerprint density at radius 3 is 2.89 bits per heavy atom. The number of amides is 1. The topological polar surface area (TPSA) is 64.4 Å². The van der Waals surface area contributed by atoms with E-state index in [-0.39, 0.29) is 11.9 Å². The summed E-state index contributed by atoms with van der Waals surface area (Å²) < 4.78 is 5.22. The fourth-order valence-electron chi connectivity index (χ4n) is 1.87. The first-order valence-electron chi connectivity index (χ1n) is 6.42. The summed E-state index contributed by atoms with van der Waals surface area (Å²) in [7, 11) is 1.58. The molecule has 0 saturated carbocycles. The van der Waals surface area contributed by atoms with Gasteiger partial charge in [0.1, 0.15) is 5.75 Å². The molecule has 4 nitrogen and oxygen atoms in total. The maximum atomic E-state index is 11.7. The quantitative estimate of drug-likeness (QED) is 0.808. The van der Waals surface area contributed by atoms with Crippen LogP contribution < -0.4 is 15.8 Å². The number of halogens is 1. The van der Waals surface area contributed by atoms with Gasteiger partial charge in [0.25, 0.3) is 0 Å². The SMILES string of the molecule is CCCC(N)CC(=O)NCc1c(Cl)cccc1OC. The van der Waals surface area contributed by atoms with Crippen molar-refractivity contribution in [1.82, 2.24) is 5.32 Å². The van der Waals surface area contributed by atoms with Crippen LogP contribution in [0.25, 0.3) is 0 Å². The van der Waals surface area contributed by atoms with E-state index in [0.29, 0.717) is 23.7 Å². The molecule has 0 fully saturated rings. The van der Waals surface area contributed by atoms with Crippen LogP contribution in [0.5, 0.6) is 5.75 Å². The van der Waals surface area contributed by atoms with Crippen molar-refractivity contribution in [2.24, 2.45) is 5.73 Å². The van der Waals surface area contributed by atoms with E-state index in [2.05, 4.69) is 5.32 Å². The van der Waals surface area contributed by atoms with Crippen molar-refractivity contribution >= 4 is 17.5 Å². The minimum atomic E-state index is -0.0851. The molecule has 1 amide bonds. The second kappa shape index (κ2) is 8.02. The zero-order valence-corrected chi connectivity index (χ0v) is 12.2. The molecule has 5 heteroatoms. The van der Waals surface area contributed by atoms with Crippen LogP contribution in [0.15, 0.2) is 18.2 Å². The Bertz CT molecular complexity index is 424. The van der Waals surface area contributed by atoms with Gasteiger partial charge in [0.2, 0.25) is 5.91 Å². The first-order chi connectivity index (χ1) is 9.08. The third kappa shape index (κ3) is 5.09. The highest BCUT2D eigenvalue weighted by atomic mass is 35.5. The van der Waals surface area contributed by atoms with Gasteiger partial charge in [-0.2, -0.15) is 0 Å². The van der Waals surface area contributed by atoms with Crippen molar-refractivity contribution in [2.75, 3.05) is 7.11 Å². The van der Waals surface area contributed by atoms with Crippen molar-refractivity contribution in [2.45, 2.75) is 38.8 Å². The van der Waals surface area contributed by atoms with E-state index < -0.39 is 0 Å². The molecular formula is C14H21ClN2O2. The summed E-state index contributed by atoms with van der Waals surface area (Å²) in [5, 5.41) is 3.40. The van der Waals surface area contributed by atoms with Crippen molar-refractivity contribution in [3.8, 4) is 5.75 Å². The van der Waals surface area contributed by atoms with E-state index in [1.54, 1.807) is 13.2 Å². The molecule has 1 aromatic rings. The van der Waals surface area contributed by atoms with Crippen molar-refractivity contribution < 1.29 is 9.53 Å². The predicted molar refractivity (Wildman–Crippen MR) is 77.4 cm³/mol. The summed E-state index contributed by atoms with van der Waals surface area (Å²) in [6.45, 7) is 2.40. The molecule has 0 bridgehead atoms. The summed E-state index contributed by atoms with van der Waals surface area (Å²) in [6, 6.07) is 5.31. The van der Waals surface area contributed by atoms with E-state index in [1.165, 1.54) is 0 Å². The molecule has 3 N–H and O–H groups in total. The molecular weight excluding hydrogens is 264 g/mol. The molecule has 106 valence electrons. The lowest BCUT2D eigenvalue weighted by Crippen LogP contribution is -2.31. The van der Waals surface area contributed by atoms with Gasteiger partial charge in [-0.15, -0.1) is 0 Å². The molecule has 0 aromatic heterocycles. The summed E-state index contributed by atoms with van der Waals surface area (Å²) >= 11 is 6.09. The van der Waals surface area contributed by atoms with Gasteiger partial charge in [0.15, 0.2) is 0 Å². The van der Waals surface area contributed by atoms with Gasteiger partial charge in [-0.25, -0.2) is 0 Å². The number of hydrogen-bond donors (Lipinski definition) is 2. The van der Waals surface area contributed by atoms with Gasteiger partial charge in [-0.05, 0) is 18.6 Å². The lowest BCUT2D eigenvalue weighted by Gasteiger charge is -2.13. The van der Waals surface area contributed by atoms with Crippen LogP contribution in [-0.2, 0) is 11.3 Å². The highest BCUT2D eigenvalue weighted by Crippen LogP contribution is 2.25. The fraction of sp³-hybridized carbons (Fsp3) is 0.500. The number of carbonyl (C=O) groups is 1. The van der Waals surface area contributed by atoms with E-state index in [1.807, 2.05) is 19.1 Å². The van der Waals surface area contributed by atoms with Crippen LogP contribution in [0.2, 0.25) is 5.02 Å². The maximum absolute atomic E-state index is 11.7. The van der Waals surface area contributed by atoms with Crippen molar-refractivity contribution in [1.29, 1.82) is 0 Å². The second-order valence-corrected chi connectivity index (χ2v) is 4.86. The Labute approximate surface area is 119 Å². The highest BCUT2D eigenvalue weighted by molar-refractivity contribution is 6.31. The second-order valence-electron chi connectivity index (χ2n) is 4.45. The Morgan fingerprint density at radius 2 is 2.26 bits per heavy atom. The Kier molecular flexibility index (Phi) is 6.67. The summed E-state index contributed by atoms with van der Waals surface area (Å²) in [4.78, 5) is 11.7. The van der Waals surface area contributed by atoms with Gasteiger partial charge in [-0.3, -0.25) is 4.79 Å². The zero-order chi connectivity index (χ0) is 14.3. The molecule has 0 aliphatic carbocycles. The Morgan fingerprint density at radius 1 is 1.53 bits per heavy atom. The number of ether oxygens (including phenoxy) is 1. The van der Waals surface area contributed by atoms with Crippen LogP contribution in [0.3, 0.4) is 0 Å². The average molecular weight is 285 g/mol. The number of methoxy groups -OCH3 is 1. The Balaban J connectivity index is 2.55. The third-order valence-electron chi connectivity index (χ3n) is 2.87. The van der Waals surface area contributed by atoms with E-state index >= 15 is 0 Å². The number of benzene rings is 1. The van der Waals surface area contributed by atoms with Crippen LogP contribution in [-0.4, -0.2) is 19.1 Å². The molecule has 0 spiro atoms. The lowest BCUT2D eigenvalue weighted by atomic mass is 10.1. The molecule has 0 radical (unpaired) electrons. The lowest BCUT2D eigenvalue weighted by molar-refractivity contribution is -0.121. The number of carbonyl (C=O) groups excluding carboxylic acids is 1. The summed E-state index contributed by atoms with van der Waals surface area (Å²) in [6.07, 6.45) is 2.16. The number of nitrogens with one attached hydrogen (secondary N) is 1. The monoisotopic (exact) mass is 284 g/mol. The molecule has 1 unspecified atom stereocenters. The maximum Gasteiger partial charge on any atom is 0.221 e. The van der Waals surface area contributed by atoms with Gasteiger partial charge < -0.3 is 15.8 Å². The smallest absolute Gasteiger partial charge is 0.221 e. The largest absolute Gasteiger partial charge is 0.496 e. The van der Waals surface area contributed by atoms with E-state index in [9.17, 15) is 4.79 Å². The van der Waals surface area contributed by atoms with E-state index in [0.717, 1.165) is 18.4 Å². The normalized spacial score (nSPS) is 12.0. The van der Waals surface area contributed by atoms with Crippen LogP contribution >= 0.6 is 11.6 Å². The van der Waals surface area contributed by atoms with Crippen molar-refractivity contribution in [3.05, 3.63) is 28.8 Å². The molecule has 1 aromatic carbocycles. The van der Waals surface area contributed by atoms with Gasteiger partial charge in [0.05, 0.1) is 7.11 Å². The van der Waals surface area contributed by atoms with Crippen molar-refractivity contribution in [3.63, 3.8) is 0 Å². The molecule has 0 heterocycles. The summed E-state index contributed by atoms with van der Waals surface area (Å²) in [5.74, 6) is 0.605. The first kappa shape index (κ1) is 15.8. The number of rotatable bonds is 7. The molecule has 19 heavy (non-hydrogen) atoms. The third-order valence-corrected chi connectivity index (χ3v) is 3.22. The zero-order valence-electron chi connectivity index (χ0n) is 11.4. The standard InChI is InChI=1S/C14H21ClN2O2/c1-3-5-10(16)8-14(18)17-9-11-12(15)6-4-7-13(11)19-2/h4,6-7,10H,3,5,8-9,16H2,1-2H3,(H,17,18). The minimum Gasteiger partial charge on any atom is -0.496 e.